The molecule has 1 aromatic heterocycles. The fourth-order valence-corrected chi connectivity index (χ4v) is 2.38. The maximum Gasteiger partial charge on any atom is 0.291 e. The zero-order valence-electron chi connectivity index (χ0n) is 12.0. The fraction of sp³-hybridized carbons (Fsp3) is 0.250. The summed E-state index contributed by atoms with van der Waals surface area (Å²) in [4.78, 5) is 26.2. The Morgan fingerprint density at radius 3 is 2.68 bits per heavy atom. The van der Waals surface area contributed by atoms with E-state index < -0.39 is 0 Å². The lowest BCUT2D eigenvalue weighted by atomic mass is 10.1. The highest BCUT2D eigenvalue weighted by atomic mass is 16.3. The lowest BCUT2D eigenvalue weighted by Gasteiger charge is -2.27. The van der Waals surface area contributed by atoms with E-state index in [4.69, 9.17) is 4.42 Å². The summed E-state index contributed by atoms with van der Waals surface area (Å²) in [5.74, 6) is -0.119. The van der Waals surface area contributed by atoms with Gasteiger partial charge in [0.1, 0.15) is 0 Å². The van der Waals surface area contributed by atoms with Crippen LogP contribution in [0.2, 0.25) is 0 Å². The molecule has 6 heteroatoms. The molecule has 2 amide bonds. The first-order valence-corrected chi connectivity index (χ1v) is 7.19. The Morgan fingerprint density at radius 2 is 1.95 bits per heavy atom. The fourth-order valence-electron chi connectivity index (χ4n) is 2.38. The molecule has 0 radical (unpaired) electrons. The van der Waals surface area contributed by atoms with Crippen molar-refractivity contribution < 1.29 is 14.0 Å². The normalized spacial score (nSPS) is 14.6. The van der Waals surface area contributed by atoms with E-state index in [1.165, 1.54) is 6.26 Å². The first kappa shape index (κ1) is 14.3. The Kier molecular flexibility index (Phi) is 4.20. The molecule has 0 atom stereocenters. The van der Waals surface area contributed by atoms with Crippen LogP contribution in [0.3, 0.4) is 0 Å². The zero-order valence-corrected chi connectivity index (χ0v) is 12.0. The standard InChI is InChI=1S/C16H17N3O3/c20-15(14-5-2-10-22-14)18-13-4-1-3-12(11-13)16(21)19-8-6-17-7-9-19/h1-5,10-11,17H,6-9H2,(H,18,20). The molecule has 114 valence electrons. The van der Waals surface area contributed by atoms with Gasteiger partial charge in [-0.05, 0) is 30.3 Å². The molecule has 22 heavy (non-hydrogen) atoms. The van der Waals surface area contributed by atoms with E-state index in [2.05, 4.69) is 10.6 Å². The van der Waals surface area contributed by atoms with Crippen molar-refractivity contribution in [2.24, 2.45) is 0 Å². The number of nitrogens with one attached hydrogen (secondary N) is 2. The van der Waals surface area contributed by atoms with Gasteiger partial charge in [0.05, 0.1) is 6.26 Å². The third kappa shape index (κ3) is 3.17. The smallest absolute Gasteiger partial charge is 0.291 e. The van der Waals surface area contributed by atoms with Crippen LogP contribution >= 0.6 is 0 Å². The topological polar surface area (TPSA) is 74.6 Å². The summed E-state index contributed by atoms with van der Waals surface area (Å²) < 4.78 is 5.05. The number of hydrogen-bond donors (Lipinski definition) is 2. The maximum absolute atomic E-state index is 12.4. The Balaban J connectivity index is 1.72. The maximum atomic E-state index is 12.4. The second kappa shape index (κ2) is 6.44. The number of benzene rings is 1. The molecule has 2 aromatic rings. The van der Waals surface area contributed by atoms with Crippen LogP contribution in [0.1, 0.15) is 20.9 Å². The summed E-state index contributed by atoms with van der Waals surface area (Å²) in [6.07, 6.45) is 1.44. The van der Waals surface area contributed by atoms with Crippen molar-refractivity contribution in [1.29, 1.82) is 0 Å². The minimum Gasteiger partial charge on any atom is -0.459 e. The summed E-state index contributed by atoms with van der Waals surface area (Å²) in [5, 5.41) is 5.94. The highest BCUT2D eigenvalue weighted by molar-refractivity contribution is 6.03. The molecule has 0 aliphatic carbocycles. The predicted molar refractivity (Wildman–Crippen MR) is 81.9 cm³/mol. The molecule has 2 N–H and O–H groups in total. The van der Waals surface area contributed by atoms with E-state index in [-0.39, 0.29) is 17.6 Å². The molecule has 0 bridgehead atoms. The predicted octanol–water partition coefficient (Wildman–Crippen LogP) is 1.58. The van der Waals surface area contributed by atoms with Gasteiger partial charge < -0.3 is 20.0 Å². The van der Waals surface area contributed by atoms with Crippen molar-refractivity contribution in [3.63, 3.8) is 0 Å². The third-order valence-corrected chi connectivity index (χ3v) is 3.52. The average Bonchev–Trinajstić information content (AvgIpc) is 3.10. The second-order valence-corrected chi connectivity index (χ2v) is 5.05. The SMILES string of the molecule is O=C(Nc1cccc(C(=O)N2CCNCC2)c1)c1ccco1. The van der Waals surface area contributed by atoms with Gasteiger partial charge in [0.15, 0.2) is 5.76 Å². The third-order valence-electron chi connectivity index (χ3n) is 3.52. The van der Waals surface area contributed by atoms with Gasteiger partial charge in [0.2, 0.25) is 0 Å². The van der Waals surface area contributed by atoms with Crippen molar-refractivity contribution in [1.82, 2.24) is 10.2 Å². The molecule has 1 saturated heterocycles. The Bertz CT molecular complexity index is 661. The first-order chi connectivity index (χ1) is 10.7. The number of anilines is 1. The largest absolute Gasteiger partial charge is 0.459 e. The van der Waals surface area contributed by atoms with E-state index in [0.29, 0.717) is 24.3 Å². The van der Waals surface area contributed by atoms with Crippen LogP contribution in [0.15, 0.2) is 47.1 Å². The zero-order chi connectivity index (χ0) is 15.4. The molecule has 0 saturated carbocycles. The molecule has 1 fully saturated rings. The Morgan fingerprint density at radius 1 is 1.14 bits per heavy atom. The summed E-state index contributed by atoms with van der Waals surface area (Å²) in [5.41, 5.74) is 1.14. The van der Waals surface area contributed by atoms with E-state index in [9.17, 15) is 9.59 Å². The second-order valence-electron chi connectivity index (χ2n) is 5.05. The van der Waals surface area contributed by atoms with E-state index >= 15 is 0 Å². The van der Waals surface area contributed by atoms with Crippen LogP contribution < -0.4 is 10.6 Å². The van der Waals surface area contributed by atoms with E-state index in [0.717, 1.165) is 13.1 Å². The van der Waals surface area contributed by atoms with Crippen LogP contribution in [-0.2, 0) is 0 Å². The molecule has 0 spiro atoms. The van der Waals surface area contributed by atoms with Gasteiger partial charge in [-0.2, -0.15) is 0 Å². The van der Waals surface area contributed by atoms with E-state index in [1.807, 2.05) is 4.90 Å². The number of carbonyl (C=O) groups excluding carboxylic acids is 2. The number of amides is 2. The van der Waals surface area contributed by atoms with Crippen molar-refractivity contribution >= 4 is 17.5 Å². The lowest BCUT2D eigenvalue weighted by Crippen LogP contribution is -2.46. The number of nitrogens with zero attached hydrogens (tertiary/aromatic N) is 1. The van der Waals surface area contributed by atoms with Crippen molar-refractivity contribution in [2.45, 2.75) is 0 Å². The summed E-state index contributed by atoms with van der Waals surface area (Å²) in [7, 11) is 0. The minimum atomic E-state index is -0.336. The summed E-state index contributed by atoms with van der Waals surface area (Å²) in [6.45, 7) is 3.00. The van der Waals surface area contributed by atoms with Gasteiger partial charge >= 0.3 is 0 Å². The van der Waals surface area contributed by atoms with Gasteiger partial charge in [-0.3, -0.25) is 9.59 Å². The van der Waals surface area contributed by atoms with Crippen LogP contribution in [-0.4, -0.2) is 42.9 Å². The van der Waals surface area contributed by atoms with Gasteiger partial charge in [-0.15, -0.1) is 0 Å². The quantitative estimate of drug-likeness (QED) is 0.902. The summed E-state index contributed by atoms with van der Waals surface area (Å²) >= 11 is 0. The lowest BCUT2D eigenvalue weighted by molar-refractivity contribution is 0.0735. The highest BCUT2D eigenvalue weighted by Crippen LogP contribution is 2.14. The molecule has 1 aliphatic heterocycles. The average molecular weight is 299 g/mol. The molecular formula is C16H17N3O3. The molecule has 0 unspecified atom stereocenters. The van der Waals surface area contributed by atoms with Gasteiger partial charge in [-0.25, -0.2) is 0 Å². The first-order valence-electron chi connectivity index (χ1n) is 7.19. The Labute approximate surface area is 128 Å². The molecule has 2 heterocycles. The van der Waals surface area contributed by atoms with Gasteiger partial charge in [-0.1, -0.05) is 6.07 Å². The Hall–Kier alpha value is -2.60. The number of furan rings is 1. The molecular weight excluding hydrogens is 282 g/mol. The van der Waals surface area contributed by atoms with Crippen LogP contribution in [0, 0.1) is 0 Å². The highest BCUT2D eigenvalue weighted by Gasteiger charge is 2.18. The van der Waals surface area contributed by atoms with Crippen LogP contribution in [0.25, 0.3) is 0 Å². The van der Waals surface area contributed by atoms with Crippen LogP contribution in [0.4, 0.5) is 5.69 Å². The number of piperazine rings is 1. The number of hydrogen-bond acceptors (Lipinski definition) is 4. The molecule has 3 rings (SSSR count). The summed E-state index contributed by atoms with van der Waals surface area (Å²) in [6, 6.07) is 10.2. The van der Waals surface area contributed by atoms with Gasteiger partial charge in [0, 0.05) is 37.4 Å². The molecule has 1 aromatic carbocycles. The minimum absolute atomic E-state index is 0.0180. The van der Waals surface area contributed by atoms with E-state index in [1.54, 1.807) is 36.4 Å². The molecule has 1 aliphatic rings. The number of rotatable bonds is 3. The molecule has 6 nitrogen and oxygen atoms in total. The van der Waals surface area contributed by atoms with Crippen molar-refractivity contribution in [3.8, 4) is 0 Å². The van der Waals surface area contributed by atoms with Crippen LogP contribution in [0.5, 0.6) is 0 Å². The van der Waals surface area contributed by atoms with Crippen molar-refractivity contribution in [3.05, 3.63) is 54.0 Å². The monoisotopic (exact) mass is 299 g/mol. The van der Waals surface area contributed by atoms with Crippen molar-refractivity contribution in [2.75, 3.05) is 31.5 Å². The van der Waals surface area contributed by atoms with Gasteiger partial charge in [0.25, 0.3) is 11.8 Å². The number of carbonyl (C=O) groups is 2.